The van der Waals surface area contributed by atoms with Crippen molar-refractivity contribution in [1.82, 2.24) is 15.1 Å². The van der Waals surface area contributed by atoms with E-state index in [0.717, 1.165) is 12.4 Å². The molecule has 0 bridgehead atoms. The number of morpholine rings is 1. The van der Waals surface area contributed by atoms with Crippen LogP contribution < -0.4 is 4.90 Å². The third kappa shape index (κ3) is 2.84. The summed E-state index contributed by atoms with van der Waals surface area (Å²) in [4.78, 5) is 21.7. The minimum Gasteiger partial charge on any atom is -0.463 e. The number of carbonyl (C=O) groups excluding carboxylic acids is 1. The molecule has 110 valence electrons. The Labute approximate surface area is 120 Å². The molecule has 8 heteroatoms. The molecule has 3 heterocycles. The second-order valence-corrected chi connectivity index (χ2v) is 4.48. The van der Waals surface area contributed by atoms with Crippen LogP contribution in [0.1, 0.15) is 22.4 Å². The molecule has 3 rings (SSSR count). The molecule has 0 amide bonds. The quantitative estimate of drug-likeness (QED) is 0.768. The number of nitrogens with zero attached hydrogens (tertiary/aromatic N) is 4. The van der Waals surface area contributed by atoms with Gasteiger partial charge in [0.25, 0.3) is 0 Å². The fraction of sp³-hybridized carbons (Fsp3) is 0.385. The van der Waals surface area contributed by atoms with Crippen LogP contribution in [0.2, 0.25) is 0 Å². The lowest BCUT2D eigenvalue weighted by molar-refractivity contribution is 0.0345. The highest BCUT2D eigenvalue weighted by molar-refractivity contribution is 5.86. The average Bonchev–Trinajstić information content (AvgIpc) is 3.05. The van der Waals surface area contributed by atoms with Gasteiger partial charge in [0.15, 0.2) is 0 Å². The molecule has 1 fully saturated rings. The van der Waals surface area contributed by atoms with Gasteiger partial charge in [0.1, 0.15) is 17.6 Å². The van der Waals surface area contributed by atoms with Gasteiger partial charge >= 0.3 is 5.97 Å². The van der Waals surface area contributed by atoms with Gasteiger partial charge in [-0.25, -0.2) is 9.78 Å². The van der Waals surface area contributed by atoms with Gasteiger partial charge in [-0.2, -0.15) is 0 Å². The lowest BCUT2D eigenvalue weighted by Crippen LogP contribution is -2.39. The van der Waals surface area contributed by atoms with Gasteiger partial charge in [-0.05, 0) is 0 Å². The van der Waals surface area contributed by atoms with Crippen molar-refractivity contribution >= 4 is 11.8 Å². The number of hydrogen-bond donors (Lipinski definition) is 0. The highest BCUT2D eigenvalue weighted by atomic mass is 16.6. The molecule has 1 atom stereocenters. The van der Waals surface area contributed by atoms with Crippen molar-refractivity contribution in [2.24, 2.45) is 0 Å². The molecule has 8 nitrogen and oxygen atoms in total. The van der Waals surface area contributed by atoms with E-state index in [1.165, 1.54) is 13.2 Å². The van der Waals surface area contributed by atoms with E-state index in [1.807, 2.05) is 4.90 Å². The molecule has 0 aliphatic carbocycles. The first-order valence-corrected chi connectivity index (χ1v) is 6.45. The molecule has 21 heavy (non-hydrogen) atoms. The second-order valence-electron chi connectivity index (χ2n) is 4.48. The lowest BCUT2D eigenvalue weighted by atomic mass is 10.2. The number of ether oxygens (including phenoxy) is 2. The van der Waals surface area contributed by atoms with Crippen molar-refractivity contribution < 1.29 is 18.8 Å². The van der Waals surface area contributed by atoms with Crippen LogP contribution in [-0.4, -0.2) is 47.9 Å². The molecule has 1 saturated heterocycles. The number of methoxy groups -OCH3 is 1. The van der Waals surface area contributed by atoms with Crippen molar-refractivity contribution in [1.29, 1.82) is 0 Å². The number of hydrogen-bond acceptors (Lipinski definition) is 8. The van der Waals surface area contributed by atoms with Gasteiger partial charge in [0.2, 0.25) is 5.76 Å². The van der Waals surface area contributed by atoms with Crippen molar-refractivity contribution in [2.75, 3.05) is 31.7 Å². The smallest absolute Gasteiger partial charge is 0.376 e. The first kappa shape index (κ1) is 13.5. The van der Waals surface area contributed by atoms with Gasteiger partial charge in [0, 0.05) is 25.0 Å². The number of esters is 1. The van der Waals surface area contributed by atoms with E-state index >= 15 is 0 Å². The average molecular weight is 290 g/mol. The van der Waals surface area contributed by atoms with Gasteiger partial charge in [-0.1, -0.05) is 5.16 Å². The summed E-state index contributed by atoms with van der Waals surface area (Å²) in [5, 5.41) is 3.87. The Morgan fingerprint density at radius 1 is 1.48 bits per heavy atom. The zero-order valence-electron chi connectivity index (χ0n) is 11.4. The summed E-state index contributed by atoms with van der Waals surface area (Å²) in [5.74, 6) is 0.283. The third-order valence-electron chi connectivity index (χ3n) is 3.18. The van der Waals surface area contributed by atoms with Crippen molar-refractivity contribution in [3.05, 3.63) is 36.1 Å². The van der Waals surface area contributed by atoms with E-state index in [-0.39, 0.29) is 11.9 Å². The highest BCUT2D eigenvalue weighted by Crippen LogP contribution is 2.24. The fourth-order valence-electron chi connectivity index (χ4n) is 2.13. The molecule has 0 aromatic carbocycles. The summed E-state index contributed by atoms with van der Waals surface area (Å²) in [6, 6.07) is 1.54. The van der Waals surface area contributed by atoms with E-state index in [2.05, 4.69) is 19.9 Å². The van der Waals surface area contributed by atoms with E-state index in [1.54, 1.807) is 18.6 Å². The van der Waals surface area contributed by atoms with E-state index in [9.17, 15) is 4.79 Å². The zero-order valence-corrected chi connectivity index (χ0v) is 11.4. The normalized spacial score (nSPS) is 18.5. The highest BCUT2D eigenvalue weighted by Gasteiger charge is 2.27. The predicted octanol–water partition coefficient (Wildman–Crippen LogP) is 0.829. The monoisotopic (exact) mass is 290 g/mol. The molecule has 0 N–H and O–H groups in total. The van der Waals surface area contributed by atoms with Crippen LogP contribution in [0, 0.1) is 0 Å². The summed E-state index contributed by atoms with van der Waals surface area (Å²) < 4.78 is 15.2. The van der Waals surface area contributed by atoms with Crippen LogP contribution in [-0.2, 0) is 9.47 Å². The second kappa shape index (κ2) is 5.88. The first-order chi connectivity index (χ1) is 10.3. The maximum atomic E-state index is 11.4. The first-order valence-electron chi connectivity index (χ1n) is 6.45. The maximum Gasteiger partial charge on any atom is 0.376 e. The summed E-state index contributed by atoms with van der Waals surface area (Å²) in [5.41, 5.74) is 0.559. The zero-order chi connectivity index (χ0) is 14.7. The van der Waals surface area contributed by atoms with Crippen molar-refractivity contribution in [2.45, 2.75) is 6.10 Å². The SMILES string of the molecule is COC(=O)c1cc(C2CN(c3cnccn3)CCO2)no1. The summed E-state index contributed by atoms with van der Waals surface area (Å²) in [6.45, 7) is 1.81. The molecule has 1 aliphatic heterocycles. The summed E-state index contributed by atoms with van der Waals surface area (Å²) >= 11 is 0. The van der Waals surface area contributed by atoms with Gasteiger partial charge < -0.3 is 18.9 Å². The molecule has 1 unspecified atom stereocenters. The Bertz CT molecular complexity index is 616. The number of rotatable bonds is 3. The molecule has 2 aromatic rings. The number of carbonyl (C=O) groups is 1. The summed E-state index contributed by atoms with van der Waals surface area (Å²) in [7, 11) is 1.29. The summed E-state index contributed by atoms with van der Waals surface area (Å²) in [6.07, 6.45) is 4.68. The molecule has 0 radical (unpaired) electrons. The standard InChI is InChI=1S/C13H14N4O4/c1-19-13(18)10-6-9(16-21-10)11-8-17(4-5-20-11)12-7-14-2-3-15-12/h2-3,6-7,11H,4-5,8H2,1H3. The van der Waals surface area contributed by atoms with Crippen molar-refractivity contribution in [3.63, 3.8) is 0 Å². The minimum atomic E-state index is -0.560. The minimum absolute atomic E-state index is 0.0627. The fourth-order valence-corrected chi connectivity index (χ4v) is 2.13. The number of anilines is 1. The predicted molar refractivity (Wildman–Crippen MR) is 70.8 cm³/mol. The molecule has 2 aromatic heterocycles. The molecule has 0 spiro atoms. The largest absolute Gasteiger partial charge is 0.463 e. The lowest BCUT2D eigenvalue weighted by Gasteiger charge is -2.32. The number of aromatic nitrogens is 3. The van der Waals surface area contributed by atoms with Crippen LogP contribution in [0.25, 0.3) is 0 Å². The molecule has 0 saturated carbocycles. The molecular weight excluding hydrogens is 276 g/mol. The van der Waals surface area contributed by atoms with E-state index < -0.39 is 5.97 Å². The van der Waals surface area contributed by atoms with Crippen LogP contribution in [0.4, 0.5) is 5.82 Å². The van der Waals surface area contributed by atoms with Crippen LogP contribution in [0.5, 0.6) is 0 Å². The molecule has 1 aliphatic rings. The van der Waals surface area contributed by atoms with Crippen LogP contribution in [0.3, 0.4) is 0 Å². The molecular formula is C13H14N4O4. The van der Waals surface area contributed by atoms with E-state index in [4.69, 9.17) is 9.26 Å². The topological polar surface area (TPSA) is 90.6 Å². The van der Waals surface area contributed by atoms with Crippen LogP contribution >= 0.6 is 0 Å². The third-order valence-corrected chi connectivity index (χ3v) is 3.18. The van der Waals surface area contributed by atoms with Gasteiger partial charge in [0.05, 0.1) is 26.5 Å². The Morgan fingerprint density at radius 2 is 2.38 bits per heavy atom. The Kier molecular flexibility index (Phi) is 3.78. The maximum absolute atomic E-state index is 11.4. The Morgan fingerprint density at radius 3 is 3.14 bits per heavy atom. The van der Waals surface area contributed by atoms with Crippen LogP contribution in [0.15, 0.2) is 29.2 Å². The van der Waals surface area contributed by atoms with Gasteiger partial charge in [-0.3, -0.25) is 4.98 Å². The Hall–Kier alpha value is -2.48. The Balaban J connectivity index is 1.74. The van der Waals surface area contributed by atoms with Crippen molar-refractivity contribution in [3.8, 4) is 0 Å². The van der Waals surface area contributed by atoms with E-state index in [0.29, 0.717) is 18.8 Å². The van der Waals surface area contributed by atoms with Gasteiger partial charge in [-0.15, -0.1) is 0 Å².